The summed E-state index contributed by atoms with van der Waals surface area (Å²) in [6.07, 6.45) is 13.5. The molecule has 140 valence electrons. The van der Waals surface area contributed by atoms with E-state index in [1.54, 1.807) is 6.21 Å². The van der Waals surface area contributed by atoms with E-state index >= 15 is 0 Å². The maximum atomic E-state index is 11.7. The number of ether oxygens (including phenoxy) is 1. The van der Waals surface area contributed by atoms with Gasteiger partial charge in [0.25, 0.3) is 0 Å². The molecule has 0 saturated heterocycles. The molecule has 25 heavy (non-hydrogen) atoms. The minimum absolute atomic E-state index is 0.00914. The lowest BCUT2D eigenvalue weighted by atomic mass is 10.1. The van der Waals surface area contributed by atoms with Crippen molar-refractivity contribution in [3.05, 3.63) is 29.8 Å². The number of hydrogen-bond donors (Lipinski definition) is 1. The third-order valence-corrected chi connectivity index (χ3v) is 4.10. The lowest BCUT2D eigenvalue weighted by Crippen LogP contribution is -2.16. The van der Waals surface area contributed by atoms with E-state index < -0.39 is 0 Å². The molecule has 4 heteroatoms. The first kappa shape index (κ1) is 21.2. The van der Waals surface area contributed by atoms with E-state index in [-0.39, 0.29) is 5.91 Å². The molecule has 1 aromatic rings. The number of rotatable bonds is 14. The summed E-state index contributed by atoms with van der Waals surface area (Å²) in [5.74, 6) is 0.833. The Labute approximate surface area is 153 Å². The van der Waals surface area contributed by atoms with E-state index in [1.807, 2.05) is 31.2 Å². The molecule has 1 aromatic carbocycles. The number of amides is 1. The molecular weight excluding hydrogens is 312 g/mol. The molecule has 0 aromatic heterocycles. The van der Waals surface area contributed by atoms with Gasteiger partial charge in [-0.15, -0.1) is 0 Å². The van der Waals surface area contributed by atoms with E-state index in [4.69, 9.17) is 4.74 Å². The molecular formula is C21H34N2O2. The zero-order chi connectivity index (χ0) is 18.2. The van der Waals surface area contributed by atoms with Crippen LogP contribution in [-0.2, 0) is 4.79 Å². The SMILES string of the molecule is CCCCCCCCCCCC(=O)N/N=C\c1ccc(OCC)cc1. The molecule has 0 aliphatic carbocycles. The molecule has 0 bridgehead atoms. The Bertz CT molecular complexity index is 483. The summed E-state index contributed by atoms with van der Waals surface area (Å²) in [5.41, 5.74) is 3.53. The van der Waals surface area contributed by atoms with Crippen molar-refractivity contribution in [1.29, 1.82) is 0 Å². The zero-order valence-corrected chi connectivity index (χ0v) is 15.9. The molecule has 0 spiro atoms. The highest BCUT2D eigenvalue weighted by Crippen LogP contribution is 2.11. The molecule has 1 rings (SSSR count). The van der Waals surface area contributed by atoms with Crippen molar-refractivity contribution in [1.82, 2.24) is 5.43 Å². The lowest BCUT2D eigenvalue weighted by Gasteiger charge is -2.03. The topological polar surface area (TPSA) is 50.7 Å². The molecule has 0 aliphatic rings. The van der Waals surface area contributed by atoms with Crippen LogP contribution in [0.5, 0.6) is 5.75 Å². The number of hydrogen-bond acceptors (Lipinski definition) is 3. The normalized spacial score (nSPS) is 11.0. The Hall–Kier alpha value is -1.84. The Morgan fingerprint density at radius 1 is 0.960 bits per heavy atom. The van der Waals surface area contributed by atoms with Crippen molar-refractivity contribution in [2.45, 2.75) is 78.1 Å². The van der Waals surface area contributed by atoms with Gasteiger partial charge in [0.05, 0.1) is 12.8 Å². The quantitative estimate of drug-likeness (QED) is 0.276. The predicted molar refractivity (Wildman–Crippen MR) is 105 cm³/mol. The average molecular weight is 347 g/mol. The Kier molecular flexibility index (Phi) is 12.3. The fraction of sp³-hybridized carbons (Fsp3) is 0.619. The van der Waals surface area contributed by atoms with Crippen LogP contribution in [0.4, 0.5) is 0 Å². The first-order valence-corrected chi connectivity index (χ1v) is 9.81. The van der Waals surface area contributed by atoms with Crippen LogP contribution < -0.4 is 10.2 Å². The monoisotopic (exact) mass is 346 g/mol. The molecule has 0 fully saturated rings. The molecule has 4 nitrogen and oxygen atoms in total. The van der Waals surface area contributed by atoms with Crippen LogP contribution >= 0.6 is 0 Å². The molecule has 0 heterocycles. The standard InChI is InChI=1S/C21H34N2O2/c1-3-5-6-7-8-9-10-11-12-13-21(24)23-22-18-19-14-16-20(17-15-19)25-4-2/h14-18H,3-13H2,1-2H3,(H,23,24)/b22-18-. The highest BCUT2D eigenvalue weighted by Gasteiger charge is 1.99. The van der Waals surface area contributed by atoms with Crippen LogP contribution in [0.25, 0.3) is 0 Å². The van der Waals surface area contributed by atoms with Crippen LogP contribution in [0.2, 0.25) is 0 Å². The number of nitrogens with one attached hydrogen (secondary N) is 1. The largest absolute Gasteiger partial charge is 0.494 e. The first-order chi connectivity index (χ1) is 12.3. The minimum Gasteiger partial charge on any atom is -0.494 e. The molecule has 0 aliphatic heterocycles. The number of carbonyl (C=O) groups excluding carboxylic acids is 1. The third-order valence-electron chi connectivity index (χ3n) is 4.10. The second kappa shape index (κ2) is 14.5. The van der Waals surface area contributed by atoms with E-state index in [9.17, 15) is 4.79 Å². The van der Waals surface area contributed by atoms with Crippen molar-refractivity contribution >= 4 is 12.1 Å². The van der Waals surface area contributed by atoms with Crippen molar-refractivity contribution in [3.8, 4) is 5.75 Å². The number of carbonyl (C=O) groups is 1. The van der Waals surface area contributed by atoms with Gasteiger partial charge < -0.3 is 4.74 Å². The molecule has 0 radical (unpaired) electrons. The van der Waals surface area contributed by atoms with E-state index in [1.165, 1.54) is 44.9 Å². The Morgan fingerprint density at radius 3 is 2.16 bits per heavy atom. The second-order valence-electron chi connectivity index (χ2n) is 6.37. The summed E-state index contributed by atoms with van der Waals surface area (Å²) >= 11 is 0. The number of benzene rings is 1. The summed E-state index contributed by atoms with van der Waals surface area (Å²) in [5, 5.41) is 4.01. The van der Waals surface area contributed by atoms with Crippen LogP contribution in [0.15, 0.2) is 29.4 Å². The van der Waals surface area contributed by atoms with Crippen LogP contribution in [0, 0.1) is 0 Å². The zero-order valence-electron chi connectivity index (χ0n) is 15.9. The maximum absolute atomic E-state index is 11.7. The van der Waals surface area contributed by atoms with Crippen LogP contribution in [-0.4, -0.2) is 18.7 Å². The van der Waals surface area contributed by atoms with Crippen molar-refractivity contribution in [2.75, 3.05) is 6.61 Å². The van der Waals surface area contributed by atoms with Gasteiger partial charge in [0.15, 0.2) is 0 Å². The average Bonchev–Trinajstić information content (AvgIpc) is 2.62. The summed E-state index contributed by atoms with van der Waals surface area (Å²) in [4.78, 5) is 11.7. The van der Waals surface area contributed by atoms with Gasteiger partial charge in [-0.25, -0.2) is 5.43 Å². The third kappa shape index (κ3) is 11.4. The van der Waals surface area contributed by atoms with E-state index in [0.717, 1.165) is 24.2 Å². The molecule has 1 N–H and O–H groups in total. The van der Waals surface area contributed by atoms with Gasteiger partial charge in [-0.2, -0.15) is 5.10 Å². The summed E-state index contributed by atoms with van der Waals surface area (Å²) < 4.78 is 5.39. The number of nitrogens with zero attached hydrogens (tertiary/aromatic N) is 1. The van der Waals surface area contributed by atoms with Crippen molar-refractivity contribution in [3.63, 3.8) is 0 Å². The van der Waals surface area contributed by atoms with Gasteiger partial charge in [-0.1, -0.05) is 58.3 Å². The minimum atomic E-state index is -0.00914. The van der Waals surface area contributed by atoms with Gasteiger partial charge in [0, 0.05) is 6.42 Å². The Balaban J connectivity index is 2.04. The fourth-order valence-electron chi connectivity index (χ4n) is 2.65. The van der Waals surface area contributed by atoms with Gasteiger partial charge in [0.1, 0.15) is 5.75 Å². The smallest absolute Gasteiger partial charge is 0.240 e. The van der Waals surface area contributed by atoms with Crippen molar-refractivity contribution < 1.29 is 9.53 Å². The lowest BCUT2D eigenvalue weighted by molar-refractivity contribution is -0.121. The van der Waals surface area contributed by atoms with E-state index in [0.29, 0.717) is 13.0 Å². The van der Waals surface area contributed by atoms with Gasteiger partial charge in [-0.05, 0) is 43.2 Å². The summed E-state index contributed by atoms with van der Waals surface area (Å²) in [6.45, 7) is 4.86. The molecule has 0 saturated carbocycles. The van der Waals surface area contributed by atoms with Gasteiger partial charge >= 0.3 is 0 Å². The first-order valence-electron chi connectivity index (χ1n) is 9.81. The predicted octanol–water partition coefficient (Wildman–Crippen LogP) is 5.46. The maximum Gasteiger partial charge on any atom is 0.240 e. The van der Waals surface area contributed by atoms with Crippen LogP contribution in [0.3, 0.4) is 0 Å². The van der Waals surface area contributed by atoms with Crippen LogP contribution in [0.1, 0.15) is 83.6 Å². The van der Waals surface area contributed by atoms with Gasteiger partial charge in [0.2, 0.25) is 5.91 Å². The second-order valence-corrected chi connectivity index (χ2v) is 6.37. The van der Waals surface area contributed by atoms with Crippen molar-refractivity contribution in [2.24, 2.45) is 5.10 Å². The number of hydrazone groups is 1. The highest BCUT2D eigenvalue weighted by molar-refractivity contribution is 5.82. The van der Waals surface area contributed by atoms with E-state index in [2.05, 4.69) is 17.5 Å². The summed E-state index contributed by atoms with van der Waals surface area (Å²) in [7, 11) is 0. The summed E-state index contributed by atoms with van der Waals surface area (Å²) in [6, 6.07) is 7.63. The molecule has 0 unspecified atom stereocenters. The molecule has 0 atom stereocenters. The number of unbranched alkanes of at least 4 members (excludes halogenated alkanes) is 8. The van der Waals surface area contributed by atoms with Gasteiger partial charge in [-0.3, -0.25) is 4.79 Å². The highest BCUT2D eigenvalue weighted by atomic mass is 16.5. The molecule has 1 amide bonds. The fourth-order valence-corrected chi connectivity index (χ4v) is 2.65. The Morgan fingerprint density at radius 2 is 1.56 bits per heavy atom.